The van der Waals surface area contributed by atoms with E-state index in [2.05, 4.69) is 63.5 Å². The highest BCUT2D eigenvalue weighted by molar-refractivity contribution is 5.73. The van der Waals surface area contributed by atoms with Crippen molar-refractivity contribution in [1.29, 1.82) is 0 Å². The number of carbonyl (C=O) groups excluding carboxylic acids is 2. The smallest absolute Gasteiger partial charge is 0.410 e. The Morgan fingerprint density at radius 2 is 1.16 bits per heavy atom. The lowest BCUT2D eigenvalue weighted by Crippen LogP contribution is -2.36. The molecule has 2 saturated heterocycles. The quantitative estimate of drug-likeness (QED) is 0.212. The molecule has 0 spiro atoms. The summed E-state index contributed by atoms with van der Waals surface area (Å²) < 4.78 is 11.4. The Kier molecular flexibility index (Phi) is 8.53. The number of ether oxygens (including phenoxy) is 2. The average Bonchev–Trinajstić information content (AvgIpc) is 3.50. The zero-order chi connectivity index (χ0) is 34.5. The molecule has 0 unspecified atom stereocenters. The summed E-state index contributed by atoms with van der Waals surface area (Å²) in [5.74, 6) is 2.12. The molecule has 3 aliphatic rings. The second kappa shape index (κ2) is 12.7. The van der Waals surface area contributed by atoms with Gasteiger partial charge in [-0.2, -0.15) is 0 Å². The van der Waals surface area contributed by atoms with Crippen LogP contribution in [0.1, 0.15) is 115 Å². The minimum atomic E-state index is -0.537. The van der Waals surface area contributed by atoms with Crippen molar-refractivity contribution in [3.63, 3.8) is 0 Å². The minimum absolute atomic E-state index is 0.105. The molecule has 49 heavy (non-hydrogen) atoms. The first-order valence-electron chi connectivity index (χ1n) is 17.7. The van der Waals surface area contributed by atoms with Crippen LogP contribution in [0.5, 0.6) is 0 Å². The van der Waals surface area contributed by atoms with Crippen molar-refractivity contribution < 1.29 is 19.1 Å². The van der Waals surface area contributed by atoms with Gasteiger partial charge >= 0.3 is 12.2 Å². The summed E-state index contributed by atoms with van der Waals surface area (Å²) in [5, 5.41) is 0. The predicted molar refractivity (Wildman–Crippen MR) is 189 cm³/mol. The van der Waals surface area contributed by atoms with Gasteiger partial charge in [0.2, 0.25) is 0 Å². The van der Waals surface area contributed by atoms with Crippen molar-refractivity contribution in [2.75, 3.05) is 13.1 Å². The average molecular weight is 665 g/mol. The topological polar surface area (TPSA) is 116 Å². The molecule has 10 nitrogen and oxygen atoms in total. The lowest BCUT2D eigenvalue weighted by atomic mass is 10.00. The number of imidazole rings is 2. The highest BCUT2D eigenvalue weighted by Gasteiger charge is 2.38. The molecule has 10 heteroatoms. The number of carbonyl (C=O) groups is 2. The third kappa shape index (κ3) is 7.23. The fraction of sp³-hybridized carbons (Fsp3) is 0.487. The molecule has 0 bridgehead atoms. The van der Waals surface area contributed by atoms with Crippen LogP contribution in [0, 0.1) is 0 Å². The van der Waals surface area contributed by atoms with Crippen molar-refractivity contribution in [3.8, 4) is 33.6 Å². The molecular formula is C39H48N6O4. The van der Waals surface area contributed by atoms with Gasteiger partial charge in [0.1, 0.15) is 22.9 Å². The van der Waals surface area contributed by atoms with Gasteiger partial charge in [0.05, 0.1) is 29.7 Å². The van der Waals surface area contributed by atoms with E-state index in [1.807, 2.05) is 52.6 Å². The molecule has 2 N–H and O–H groups in total. The maximum Gasteiger partial charge on any atom is 0.410 e. The maximum absolute atomic E-state index is 13.0. The van der Waals surface area contributed by atoms with E-state index < -0.39 is 11.2 Å². The highest BCUT2D eigenvalue weighted by atomic mass is 16.6. The van der Waals surface area contributed by atoms with Gasteiger partial charge in [-0.05, 0) is 96.8 Å². The number of aromatic amines is 2. The van der Waals surface area contributed by atoms with E-state index in [4.69, 9.17) is 14.5 Å². The molecule has 2 aromatic heterocycles. The van der Waals surface area contributed by atoms with Gasteiger partial charge in [0.25, 0.3) is 0 Å². The molecule has 1 saturated carbocycles. The summed E-state index contributed by atoms with van der Waals surface area (Å²) in [5.41, 5.74) is 6.35. The van der Waals surface area contributed by atoms with Gasteiger partial charge in [0, 0.05) is 30.3 Å². The van der Waals surface area contributed by atoms with E-state index >= 15 is 0 Å². The van der Waals surface area contributed by atoms with Crippen LogP contribution < -0.4 is 0 Å². The number of benzene rings is 2. The Bertz CT molecular complexity index is 1810. The number of rotatable bonds is 6. The first kappa shape index (κ1) is 32.9. The standard InChI is InChI=1S/C39H48N6O4/c1-38(2,3)48-36(46)44-21-7-9-30(44)34-40-23-29(41-34)26-15-11-24(12-16-26)25-13-17-27(18-14-25)32-33(28-19-20-28)43-35(42-32)31-10-8-22-45(31)37(47)49-39(4,5)6/h11-18,23,28,30-31H,7-10,19-22H2,1-6H3,(H,40,41)(H,42,43)/t30-,31-/m0/s1. The van der Waals surface area contributed by atoms with Crippen LogP contribution in [-0.2, 0) is 9.47 Å². The Balaban J connectivity index is 1.05. The summed E-state index contributed by atoms with van der Waals surface area (Å²) in [6, 6.07) is 16.8. The summed E-state index contributed by atoms with van der Waals surface area (Å²) in [6.07, 6.45) is 7.16. The van der Waals surface area contributed by atoms with Crippen molar-refractivity contribution >= 4 is 12.2 Å². The van der Waals surface area contributed by atoms with Crippen LogP contribution >= 0.6 is 0 Å². The van der Waals surface area contributed by atoms with Gasteiger partial charge in [0.15, 0.2) is 0 Å². The van der Waals surface area contributed by atoms with Crippen LogP contribution in [0.2, 0.25) is 0 Å². The fourth-order valence-electron chi connectivity index (χ4n) is 6.95. The Labute approximate surface area is 288 Å². The number of nitrogens with one attached hydrogen (secondary N) is 2. The molecular weight excluding hydrogens is 616 g/mol. The lowest BCUT2D eigenvalue weighted by Gasteiger charge is -2.27. The van der Waals surface area contributed by atoms with Gasteiger partial charge in [-0.15, -0.1) is 0 Å². The molecule has 1 aliphatic carbocycles. The summed E-state index contributed by atoms with van der Waals surface area (Å²) in [6.45, 7) is 12.7. The maximum atomic E-state index is 13.0. The number of amides is 2. The molecule has 4 aromatic rings. The molecule has 4 heterocycles. The zero-order valence-corrected chi connectivity index (χ0v) is 29.5. The van der Waals surface area contributed by atoms with Crippen LogP contribution in [0.3, 0.4) is 0 Å². The van der Waals surface area contributed by atoms with Crippen molar-refractivity contribution in [1.82, 2.24) is 29.7 Å². The normalized spacial score (nSPS) is 19.8. The molecule has 258 valence electrons. The molecule has 2 amide bonds. The first-order chi connectivity index (χ1) is 23.3. The van der Waals surface area contributed by atoms with Gasteiger partial charge in [-0.25, -0.2) is 19.6 Å². The van der Waals surface area contributed by atoms with Crippen molar-refractivity contribution in [2.24, 2.45) is 0 Å². The fourth-order valence-corrected chi connectivity index (χ4v) is 6.95. The predicted octanol–water partition coefficient (Wildman–Crippen LogP) is 9.16. The lowest BCUT2D eigenvalue weighted by molar-refractivity contribution is 0.0208. The third-order valence-electron chi connectivity index (χ3n) is 9.41. The zero-order valence-electron chi connectivity index (χ0n) is 29.5. The second-order valence-electron chi connectivity index (χ2n) is 15.7. The summed E-state index contributed by atoms with van der Waals surface area (Å²) in [7, 11) is 0. The Morgan fingerprint density at radius 1 is 0.673 bits per heavy atom. The Hall–Kier alpha value is -4.60. The van der Waals surface area contributed by atoms with E-state index in [1.54, 1.807) is 4.90 Å². The van der Waals surface area contributed by atoms with Gasteiger partial charge in [-0.1, -0.05) is 48.5 Å². The van der Waals surface area contributed by atoms with E-state index in [9.17, 15) is 9.59 Å². The highest BCUT2D eigenvalue weighted by Crippen LogP contribution is 2.45. The third-order valence-corrected chi connectivity index (χ3v) is 9.41. The number of hydrogen-bond acceptors (Lipinski definition) is 6. The van der Waals surface area contributed by atoms with Crippen LogP contribution in [-0.4, -0.2) is 66.2 Å². The van der Waals surface area contributed by atoms with Gasteiger partial charge < -0.3 is 19.4 Å². The molecule has 2 aromatic carbocycles. The van der Waals surface area contributed by atoms with Crippen molar-refractivity contribution in [2.45, 2.75) is 109 Å². The second-order valence-corrected chi connectivity index (χ2v) is 15.7. The first-order valence-corrected chi connectivity index (χ1v) is 17.7. The number of H-pyrrole nitrogens is 2. The van der Waals surface area contributed by atoms with Crippen LogP contribution in [0.15, 0.2) is 54.7 Å². The SMILES string of the molecule is CC(C)(C)OC(=O)N1CCC[C@H]1c1ncc(-c2ccc(-c3ccc(-c4nc([C@@H]5CCCN5C(=O)OC(C)(C)C)[nH]c4C4CC4)cc3)cc2)[nH]1. The largest absolute Gasteiger partial charge is 0.444 e. The number of aromatic nitrogens is 4. The van der Waals surface area contributed by atoms with E-state index in [0.717, 1.165) is 83.8 Å². The van der Waals surface area contributed by atoms with E-state index in [1.165, 1.54) is 5.69 Å². The summed E-state index contributed by atoms with van der Waals surface area (Å²) in [4.78, 5) is 46.3. The van der Waals surface area contributed by atoms with E-state index in [-0.39, 0.29) is 24.3 Å². The van der Waals surface area contributed by atoms with Gasteiger partial charge in [-0.3, -0.25) is 9.80 Å². The van der Waals surface area contributed by atoms with Crippen LogP contribution in [0.4, 0.5) is 9.59 Å². The Morgan fingerprint density at radius 3 is 1.67 bits per heavy atom. The molecule has 2 aliphatic heterocycles. The van der Waals surface area contributed by atoms with Crippen LogP contribution in [0.25, 0.3) is 33.6 Å². The number of likely N-dealkylation sites (tertiary alicyclic amines) is 2. The van der Waals surface area contributed by atoms with Crippen molar-refractivity contribution in [3.05, 3.63) is 72.1 Å². The molecule has 3 fully saturated rings. The molecule has 7 rings (SSSR count). The van der Waals surface area contributed by atoms with E-state index in [0.29, 0.717) is 19.0 Å². The molecule has 0 radical (unpaired) electrons. The number of hydrogen-bond donors (Lipinski definition) is 2. The molecule has 2 atom stereocenters. The summed E-state index contributed by atoms with van der Waals surface area (Å²) >= 11 is 0. The monoisotopic (exact) mass is 664 g/mol. The minimum Gasteiger partial charge on any atom is -0.444 e. The number of nitrogens with zero attached hydrogens (tertiary/aromatic N) is 4.